The Bertz CT molecular complexity index is 490. The standard InChI is InChI=1S/C16H23NO3S/c1-4-13(3)17(9-16(19)20)15(18)11-21-10-14-7-5-6-12(2)8-14/h5-8,13H,4,9-11H2,1-3H3,(H,19,20). The molecule has 1 unspecified atom stereocenters. The van der Waals surface area contributed by atoms with Crippen LogP contribution >= 0.6 is 11.8 Å². The van der Waals surface area contributed by atoms with E-state index >= 15 is 0 Å². The van der Waals surface area contributed by atoms with Gasteiger partial charge in [-0.1, -0.05) is 36.8 Å². The molecule has 0 bridgehead atoms. The Morgan fingerprint density at radius 1 is 1.38 bits per heavy atom. The highest BCUT2D eigenvalue weighted by molar-refractivity contribution is 7.99. The van der Waals surface area contributed by atoms with Crippen LogP contribution in [0.25, 0.3) is 0 Å². The zero-order chi connectivity index (χ0) is 15.8. The fraction of sp³-hybridized carbons (Fsp3) is 0.500. The first-order valence-corrected chi connectivity index (χ1v) is 8.24. The molecule has 1 N–H and O–H groups in total. The highest BCUT2D eigenvalue weighted by atomic mass is 32.2. The van der Waals surface area contributed by atoms with Gasteiger partial charge in [-0.25, -0.2) is 0 Å². The molecule has 1 amide bonds. The molecule has 0 aliphatic rings. The van der Waals surface area contributed by atoms with Crippen LogP contribution in [0.5, 0.6) is 0 Å². The summed E-state index contributed by atoms with van der Waals surface area (Å²) in [7, 11) is 0. The number of hydrogen-bond donors (Lipinski definition) is 1. The molecule has 1 aromatic carbocycles. The predicted octanol–water partition coefficient (Wildman–Crippen LogP) is 2.94. The van der Waals surface area contributed by atoms with Gasteiger partial charge >= 0.3 is 5.97 Å². The molecule has 0 aliphatic carbocycles. The Hall–Kier alpha value is -1.49. The van der Waals surface area contributed by atoms with Gasteiger partial charge in [-0.15, -0.1) is 11.8 Å². The minimum Gasteiger partial charge on any atom is -0.480 e. The molecule has 0 radical (unpaired) electrons. The predicted molar refractivity (Wildman–Crippen MR) is 86.4 cm³/mol. The van der Waals surface area contributed by atoms with Crippen LogP contribution in [0.4, 0.5) is 0 Å². The van der Waals surface area contributed by atoms with E-state index in [4.69, 9.17) is 5.11 Å². The maximum Gasteiger partial charge on any atom is 0.323 e. The van der Waals surface area contributed by atoms with Crippen molar-refractivity contribution < 1.29 is 14.7 Å². The van der Waals surface area contributed by atoms with Crippen LogP contribution in [0.3, 0.4) is 0 Å². The first-order chi connectivity index (χ1) is 9.93. The number of thioether (sulfide) groups is 1. The molecule has 0 heterocycles. The summed E-state index contributed by atoms with van der Waals surface area (Å²) in [5, 5.41) is 8.91. The summed E-state index contributed by atoms with van der Waals surface area (Å²) in [5.41, 5.74) is 2.38. The first-order valence-electron chi connectivity index (χ1n) is 7.08. The summed E-state index contributed by atoms with van der Waals surface area (Å²) >= 11 is 1.52. The second kappa shape index (κ2) is 8.72. The summed E-state index contributed by atoms with van der Waals surface area (Å²) < 4.78 is 0. The van der Waals surface area contributed by atoms with Gasteiger partial charge in [0.25, 0.3) is 0 Å². The summed E-state index contributed by atoms with van der Waals surface area (Å²) in [6, 6.07) is 8.13. The van der Waals surface area contributed by atoms with Crippen molar-refractivity contribution in [2.24, 2.45) is 0 Å². The van der Waals surface area contributed by atoms with Crippen LogP contribution in [-0.4, -0.2) is 40.2 Å². The van der Waals surface area contributed by atoms with Gasteiger partial charge in [0.1, 0.15) is 6.54 Å². The Balaban J connectivity index is 2.51. The summed E-state index contributed by atoms with van der Waals surface area (Å²) in [5.74, 6) is -0.00262. The van der Waals surface area contributed by atoms with Gasteiger partial charge in [0.2, 0.25) is 5.91 Å². The number of carbonyl (C=O) groups is 2. The number of aryl methyl sites for hydroxylation is 1. The number of aliphatic carboxylic acids is 1. The second-order valence-electron chi connectivity index (χ2n) is 5.15. The van der Waals surface area contributed by atoms with Crippen molar-refractivity contribution in [1.82, 2.24) is 4.90 Å². The fourth-order valence-corrected chi connectivity index (χ4v) is 2.85. The van der Waals surface area contributed by atoms with Crippen molar-refractivity contribution in [3.63, 3.8) is 0 Å². The Labute approximate surface area is 130 Å². The Kier molecular flexibility index (Phi) is 7.29. The number of benzene rings is 1. The molecule has 4 nitrogen and oxygen atoms in total. The molecule has 0 saturated carbocycles. The number of carbonyl (C=O) groups excluding carboxylic acids is 1. The maximum atomic E-state index is 12.2. The highest BCUT2D eigenvalue weighted by Gasteiger charge is 2.21. The molecule has 21 heavy (non-hydrogen) atoms. The van der Waals surface area contributed by atoms with Gasteiger partial charge in [0.05, 0.1) is 5.75 Å². The number of hydrogen-bond acceptors (Lipinski definition) is 3. The molecular weight excluding hydrogens is 286 g/mol. The third-order valence-electron chi connectivity index (χ3n) is 3.33. The van der Waals surface area contributed by atoms with E-state index in [1.54, 1.807) is 0 Å². The molecule has 5 heteroatoms. The molecule has 0 aromatic heterocycles. The van der Waals surface area contributed by atoms with E-state index in [0.29, 0.717) is 5.75 Å². The van der Waals surface area contributed by atoms with Crippen molar-refractivity contribution >= 4 is 23.6 Å². The first kappa shape index (κ1) is 17.6. The lowest BCUT2D eigenvalue weighted by atomic mass is 10.2. The quantitative estimate of drug-likeness (QED) is 0.802. The number of amides is 1. The summed E-state index contributed by atoms with van der Waals surface area (Å²) in [6.07, 6.45) is 0.752. The average molecular weight is 309 g/mol. The smallest absolute Gasteiger partial charge is 0.323 e. The lowest BCUT2D eigenvalue weighted by Gasteiger charge is -2.26. The molecule has 1 atom stereocenters. The van der Waals surface area contributed by atoms with Gasteiger partial charge < -0.3 is 10.0 Å². The van der Waals surface area contributed by atoms with Crippen molar-refractivity contribution in [3.05, 3.63) is 35.4 Å². The third-order valence-corrected chi connectivity index (χ3v) is 4.31. The molecule has 1 rings (SSSR count). The largest absolute Gasteiger partial charge is 0.480 e. The maximum absolute atomic E-state index is 12.2. The van der Waals surface area contributed by atoms with E-state index in [-0.39, 0.29) is 18.5 Å². The van der Waals surface area contributed by atoms with Crippen molar-refractivity contribution in [1.29, 1.82) is 0 Å². The van der Waals surface area contributed by atoms with Crippen LogP contribution in [0.2, 0.25) is 0 Å². The number of nitrogens with zero attached hydrogens (tertiary/aromatic N) is 1. The Morgan fingerprint density at radius 3 is 2.67 bits per heavy atom. The average Bonchev–Trinajstić information content (AvgIpc) is 2.43. The summed E-state index contributed by atoms with van der Waals surface area (Å²) in [4.78, 5) is 24.5. The lowest BCUT2D eigenvalue weighted by Crippen LogP contribution is -2.42. The van der Waals surface area contributed by atoms with E-state index < -0.39 is 5.97 Å². The highest BCUT2D eigenvalue weighted by Crippen LogP contribution is 2.15. The van der Waals surface area contributed by atoms with Crippen molar-refractivity contribution in [2.45, 2.75) is 39.0 Å². The van der Waals surface area contributed by atoms with E-state index in [1.807, 2.05) is 39.0 Å². The molecule has 0 saturated heterocycles. The topological polar surface area (TPSA) is 57.6 Å². The SMILES string of the molecule is CCC(C)N(CC(=O)O)C(=O)CSCc1cccc(C)c1. The van der Waals surface area contributed by atoms with E-state index in [2.05, 4.69) is 6.07 Å². The van der Waals surface area contributed by atoms with Crippen LogP contribution in [0, 0.1) is 6.92 Å². The number of rotatable bonds is 8. The van der Waals surface area contributed by atoms with Crippen LogP contribution < -0.4 is 0 Å². The third kappa shape index (κ3) is 6.21. The molecule has 0 aliphatic heterocycles. The normalized spacial score (nSPS) is 12.0. The Morgan fingerprint density at radius 2 is 2.10 bits per heavy atom. The fourth-order valence-electron chi connectivity index (χ4n) is 2.00. The zero-order valence-electron chi connectivity index (χ0n) is 12.8. The van der Waals surface area contributed by atoms with Crippen molar-refractivity contribution in [3.8, 4) is 0 Å². The lowest BCUT2D eigenvalue weighted by molar-refractivity contribution is -0.144. The van der Waals surface area contributed by atoms with Gasteiger partial charge in [0.15, 0.2) is 0 Å². The van der Waals surface area contributed by atoms with E-state index in [1.165, 1.54) is 27.8 Å². The number of carboxylic acids is 1. The molecule has 116 valence electrons. The number of carboxylic acid groups (broad SMARTS) is 1. The molecule has 1 aromatic rings. The zero-order valence-corrected chi connectivity index (χ0v) is 13.7. The van der Waals surface area contributed by atoms with Crippen molar-refractivity contribution in [2.75, 3.05) is 12.3 Å². The summed E-state index contributed by atoms with van der Waals surface area (Å²) in [6.45, 7) is 5.65. The van der Waals surface area contributed by atoms with Gasteiger partial charge in [0, 0.05) is 11.8 Å². The van der Waals surface area contributed by atoms with Crippen LogP contribution in [0.1, 0.15) is 31.4 Å². The van der Waals surface area contributed by atoms with Crippen LogP contribution in [-0.2, 0) is 15.3 Å². The van der Waals surface area contributed by atoms with E-state index in [9.17, 15) is 9.59 Å². The van der Waals surface area contributed by atoms with Gasteiger partial charge in [-0.3, -0.25) is 9.59 Å². The van der Waals surface area contributed by atoms with E-state index in [0.717, 1.165) is 12.2 Å². The molecule has 0 fully saturated rings. The minimum atomic E-state index is -0.965. The second-order valence-corrected chi connectivity index (χ2v) is 6.14. The minimum absolute atomic E-state index is 0.0480. The molecular formula is C16H23NO3S. The monoisotopic (exact) mass is 309 g/mol. The van der Waals surface area contributed by atoms with Gasteiger partial charge in [-0.05, 0) is 25.8 Å². The van der Waals surface area contributed by atoms with Crippen LogP contribution in [0.15, 0.2) is 24.3 Å². The van der Waals surface area contributed by atoms with Gasteiger partial charge in [-0.2, -0.15) is 0 Å². The molecule has 0 spiro atoms.